The highest BCUT2D eigenvalue weighted by atomic mass is 16.3. The molecule has 2 aliphatic rings. The Hall–Kier alpha value is -2.38. The van der Waals surface area contributed by atoms with E-state index >= 15 is 0 Å². The molecule has 2 fully saturated rings. The van der Waals surface area contributed by atoms with Crippen LogP contribution in [0.15, 0.2) is 36.9 Å². The summed E-state index contributed by atoms with van der Waals surface area (Å²) in [5.41, 5.74) is 0.901. The molecule has 0 aromatic heterocycles. The molecule has 2 heterocycles. The number of likely N-dealkylation sites (N-methyl/N-ethyl adjacent to an activating group) is 1. The number of carbonyl (C=O) groups is 2. The number of aromatic hydroxyl groups is 1. The van der Waals surface area contributed by atoms with Crippen LogP contribution in [0.1, 0.15) is 5.56 Å². The van der Waals surface area contributed by atoms with Gasteiger partial charge in [0.05, 0.1) is 13.1 Å². The molecule has 2 aliphatic heterocycles. The van der Waals surface area contributed by atoms with Gasteiger partial charge in [-0.25, -0.2) is 10.0 Å². The van der Waals surface area contributed by atoms with Gasteiger partial charge >= 0.3 is 0 Å². The molecule has 2 unspecified atom stereocenters. The molecule has 2 atom stereocenters. The minimum atomic E-state index is -0.547. The zero-order valence-electron chi connectivity index (χ0n) is 13.7. The molecule has 0 spiro atoms. The molecule has 7 nitrogen and oxygen atoms in total. The normalized spacial score (nSPS) is 25.3. The van der Waals surface area contributed by atoms with E-state index in [9.17, 15) is 14.7 Å². The number of benzene rings is 1. The zero-order valence-corrected chi connectivity index (χ0v) is 13.7. The van der Waals surface area contributed by atoms with Crippen molar-refractivity contribution >= 4 is 11.8 Å². The third-order valence-corrected chi connectivity index (χ3v) is 4.61. The van der Waals surface area contributed by atoms with Crippen LogP contribution >= 0.6 is 0 Å². The van der Waals surface area contributed by atoms with Gasteiger partial charge in [0.25, 0.3) is 0 Å². The van der Waals surface area contributed by atoms with E-state index in [2.05, 4.69) is 11.9 Å². The van der Waals surface area contributed by atoms with Crippen LogP contribution in [0.25, 0.3) is 0 Å². The molecular formula is C17H22N4O3. The van der Waals surface area contributed by atoms with Crippen LogP contribution in [-0.2, 0) is 16.0 Å². The minimum Gasteiger partial charge on any atom is -0.508 e. The number of phenols is 1. The first-order valence-electron chi connectivity index (χ1n) is 7.96. The van der Waals surface area contributed by atoms with Gasteiger partial charge in [-0.15, -0.1) is 6.58 Å². The van der Waals surface area contributed by atoms with Crippen molar-refractivity contribution in [3.8, 4) is 5.75 Å². The Morgan fingerprint density at radius 1 is 1.33 bits per heavy atom. The van der Waals surface area contributed by atoms with Gasteiger partial charge in [-0.2, -0.15) is 0 Å². The fourth-order valence-electron chi connectivity index (χ4n) is 3.32. The van der Waals surface area contributed by atoms with E-state index in [1.807, 2.05) is 17.1 Å². The molecule has 0 saturated carbocycles. The smallest absolute Gasteiger partial charge is 0.243 e. The number of nitrogens with one attached hydrogen (secondary N) is 1. The predicted octanol–water partition coefficient (Wildman–Crippen LogP) is -0.0638. The maximum Gasteiger partial charge on any atom is 0.243 e. The number of hydrogen-bond acceptors (Lipinski definition) is 5. The fourth-order valence-corrected chi connectivity index (χ4v) is 3.32. The predicted molar refractivity (Wildman–Crippen MR) is 88.8 cm³/mol. The average Bonchev–Trinajstić information content (AvgIpc) is 2.56. The lowest BCUT2D eigenvalue weighted by Gasteiger charge is -2.52. The summed E-state index contributed by atoms with van der Waals surface area (Å²) in [6.07, 6.45) is 1.98. The number of rotatable bonds is 4. The van der Waals surface area contributed by atoms with Crippen molar-refractivity contribution in [1.29, 1.82) is 0 Å². The van der Waals surface area contributed by atoms with Crippen LogP contribution in [0.4, 0.5) is 0 Å². The second-order valence-electron chi connectivity index (χ2n) is 6.12. The molecule has 0 bridgehead atoms. The van der Waals surface area contributed by atoms with Gasteiger partial charge in [0.15, 0.2) is 0 Å². The van der Waals surface area contributed by atoms with Crippen molar-refractivity contribution in [3.05, 3.63) is 42.5 Å². The van der Waals surface area contributed by atoms with Gasteiger partial charge in [-0.3, -0.25) is 9.59 Å². The number of phenolic OH excluding ortho intramolecular Hbond substituents is 1. The average molecular weight is 330 g/mol. The first-order chi connectivity index (χ1) is 11.5. The summed E-state index contributed by atoms with van der Waals surface area (Å²) in [5.74, 6) is -0.0182. The lowest BCUT2D eigenvalue weighted by atomic mass is 10.00. The third-order valence-electron chi connectivity index (χ3n) is 4.61. The van der Waals surface area contributed by atoms with Crippen molar-refractivity contribution < 1.29 is 14.7 Å². The van der Waals surface area contributed by atoms with E-state index in [1.54, 1.807) is 35.2 Å². The van der Waals surface area contributed by atoms with Crippen molar-refractivity contribution in [2.45, 2.75) is 18.6 Å². The molecule has 2 N–H and O–H groups in total. The summed E-state index contributed by atoms with van der Waals surface area (Å²) in [7, 11) is 1.92. The zero-order chi connectivity index (χ0) is 17.3. The van der Waals surface area contributed by atoms with E-state index in [0.717, 1.165) is 5.56 Å². The third kappa shape index (κ3) is 3.00. The van der Waals surface area contributed by atoms with Crippen LogP contribution in [0, 0.1) is 0 Å². The Kier molecular flexibility index (Phi) is 4.55. The molecule has 0 radical (unpaired) electrons. The molecule has 1 aromatic carbocycles. The molecule has 7 heteroatoms. The van der Waals surface area contributed by atoms with Crippen LogP contribution in [0.2, 0.25) is 0 Å². The highest BCUT2D eigenvalue weighted by molar-refractivity contribution is 5.90. The number of nitrogens with zero attached hydrogens (tertiary/aromatic N) is 3. The lowest BCUT2D eigenvalue weighted by Crippen LogP contribution is -2.73. The van der Waals surface area contributed by atoms with E-state index in [-0.39, 0.29) is 30.3 Å². The van der Waals surface area contributed by atoms with E-state index in [4.69, 9.17) is 0 Å². The molecular weight excluding hydrogens is 308 g/mol. The summed E-state index contributed by atoms with van der Waals surface area (Å²) in [6, 6.07) is 6.17. The molecule has 128 valence electrons. The Bertz CT molecular complexity index is 646. The monoisotopic (exact) mass is 330 g/mol. The van der Waals surface area contributed by atoms with Crippen molar-refractivity contribution in [2.24, 2.45) is 0 Å². The highest BCUT2D eigenvalue weighted by Gasteiger charge is 2.45. The number of hydrazine groups is 1. The maximum absolute atomic E-state index is 12.7. The molecule has 1 aromatic rings. The number of carbonyl (C=O) groups excluding carboxylic acids is 2. The summed E-state index contributed by atoms with van der Waals surface area (Å²) >= 11 is 0. The Morgan fingerprint density at radius 3 is 2.71 bits per heavy atom. The topological polar surface area (TPSA) is 76.1 Å². The lowest BCUT2D eigenvalue weighted by molar-refractivity contribution is -0.185. The van der Waals surface area contributed by atoms with Crippen LogP contribution < -0.4 is 5.32 Å². The van der Waals surface area contributed by atoms with Crippen molar-refractivity contribution in [1.82, 2.24) is 20.2 Å². The number of hydrogen-bond donors (Lipinski definition) is 2. The molecule has 3 rings (SSSR count). The Balaban J connectivity index is 1.83. The SMILES string of the molecule is C=CCN1CC(=O)N2C(Cc3ccc(O)cc3)C(=O)NCC2N1C. The van der Waals surface area contributed by atoms with Gasteiger partial charge in [-0.05, 0) is 17.7 Å². The van der Waals surface area contributed by atoms with Gasteiger partial charge in [0, 0.05) is 20.0 Å². The van der Waals surface area contributed by atoms with Gasteiger partial charge in [0.2, 0.25) is 11.8 Å². The fraction of sp³-hybridized carbons (Fsp3) is 0.412. The van der Waals surface area contributed by atoms with E-state index in [0.29, 0.717) is 19.5 Å². The van der Waals surface area contributed by atoms with Crippen molar-refractivity contribution in [3.63, 3.8) is 0 Å². The van der Waals surface area contributed by atoms with Crippen LogP contribution in [-0.4, -0.2) is 70.7 Å². The highest BCUT2D eigenvalue weighted by Crippen LogP contribution is 2.24. The van der Waals surface area contributed by atoms with Crippen LogP contribution in [0.3, 0.4) is 0 Å². The maximum atomic E-state index is 12.7. The Labute approximate surface area is 141 Å². The largest absolute Gasteiger partial charge is 0.508 e. The van der Waals surface area contributed by atoms with E-state index < -0.39 is 6.04 Å². The van der Waals surface area contributed by atoms with Crippen LogP contribution in [0.5, 0.6) is 5.75 Å². The minimum absolute atomic E-state index is 0.0569. The van der Waals surface area contributed by atoms with E-state index in [1.165, 1.54) is 0 Å². The van der Waals surface area contributed by atoms with Gasteiger partial charge < -0.3 is 15.3 Å². The van der Waals surface area contributed by atoms with Gasteiger partial charge in [0.1, 0.15) is 18.0 Å². The number of piperazine rings is 1. The summed E-state index contributed by atoms with van der Waals surface area (Å²) in [5, 5.41) is 16.2. The number of fused-ring (bicyclic) bond motifs is 1. The first-order valence-corrected chi connectivity index (χ1v) is 7.96. The quantitative estimate of drug-likeness (QED) is 0.756. The molecule has 2 saturated heterocycles. The first kappa shape index (κ1) is 16.5. The number of amides is 2. The van der Waals surface area contributed by atoms with Crippen molar-refractivity contribution in [2.75, 3.05) is 26.7 Å². The summed E-state index contributed by atoms with van der Waals surface area (Å²) in [6.45, 7) is 4.95. The Morgan fingerprint density at radius 2 is 2.04 bits per heavy atom. The standard InChI is InChI=1S/C17H22N4O3/c1-3-8-20-11-16(23)21-14(9-12-4-6-13(22)7-5-12)17(24)18-10-15(21)19(20)2/h3-7,14-15,22H,1,8-11H2,2H3,(H,18,24). The summed E-state index contributed by atoms with van der Waals surface area (Å²) in [4.78, 5) is 26.7. The molecule has 2 amide bonds. The summed E-state index contributed by atoms with van der Waals surface area (Å²) < 4.78 is 0. The van der Waals surface area contributed by atoms with Gasteiger partial charge in [-0.1, -0.05) is 18.2 Å². The second kappa shape index (κ2) is 6.62. The molecule has 24 heavy (non-hydrogen) atoms. The second-order valence-corrected chi connectivity index (χ2v) is 6.12. The molecule has 0 aliphatic carbocycles.